The van der Waals surface area contributed by atoms with Crippen LogP contribution in [0.2, 0.25) is 0 Å². The number of nitrogens with zero attached hydrogens (tertiary/aromatic N) is 2. The number of hydrogen-bond donors (Lipinski definition) is 1. The van der Waals surface area contributed by atoms with Crippen molar-refractivity contribution < 1.29 is 0 Å². The second-order valence-electron chi connectivity index (χ2n) is 4.89. The van der Waals surface area contributed by atoms with Crippen molar-refractivity contribution in [2.75, 3.05) is 5.75 Å². The van der Waals surface area contributed by atoms with E-state index in [1.807, 2.05) is 0 Å². The molecule has 0 spiro atoms. The van der Waals surface area contributed by atoms with Crippen molar-refractivity contribution in [2.24, 2.45) is 5.41 Å². The zero-order valence-electron chi connectivity index (χ0n) is 9.73. The maximum absolute atomic E-state index is 12.0. The first-order valence-corrected chi connectivity index (χ1v) is 7.40. The molecule has 0 amide bonds. The number of halogens is 1. The van der Waals surface area contributed by atoms with E-state index in [9.17, 15) is 4.79 Å². The Morgan fingerprint density at radius 1 is 1.41 bits per heavy atom. The molecule has 0 bridgehead atoms. The average Bonchev–Trinajstić information content (AvgIpc) is 2.36. The van der Waals surface area contributed by atoms with Crippen LogP contribution in [0.4, 0.5) is 0 Å². The molecule has 2 rings (SSSR count). The fraction of sp³-hybridized carbons (Fsp3) is 0.667. The van der Waals surface area contributed by atoms with Crippen LogP contribution in [0.15, 0.2) is 21.8 Å². The van der Waals surface area contributed by atoms with Crippen LogP contribution in [0.25, 0.3) is 0 Å². The van der Waals surface area contributed by atoms with Crippen LogP contribution in [0.1, 0.15) is 32.1 Å². The monoisotopic (exact) mass is 316 g/mol. The minimum absolute atomic E-state index is 0.00623. The second kappa shape index (κ2) is 5.57. The van der Waals surface area contributed by atoms with Gasteiger partial charge in [-0.15, -0.1) is 0 Å². The molecule has 0 unspecified atom stereocenters. The summed E-state index contributed by atoms with van der Waals surface area (Å²) in [5.41, 5.74) is 0.181. The summed E-state index contributed by atoms with van der Waals surface area (Å²) in [5, 5.41) is 0. The molecule has 1 aliphatic carbocycles. The lowest BCUT2D eigenvalue weighted by atomic mass is 9.75. The zero-order valence-corrected chi connectivity index (χ0v) is 12.2. The minimum atomic E-state index is 0.00623. The first-order valence-electron chi connectivity index (χ1n) is 5.98. The van der Waals surface area contributed by atoms with Gasteiger partial charge in [-0.3, -0.25) is 9.36 Å². The summed E-state index contributed by atoms with van der Waals surface area (Å²) in [6.45, 7) is 0.738. The van der Waals surface area contributed by atoms with Gasteiger partial charge < -0.3 is 0 Å². The van der Waals surface area contributed by atoms with E-state index in [4.69, 9.17) is 0 Å². The molecule has 1 aromatic rings. The van der Waals surface area contributed by atoms with Crippen molar-refractivity contribution in [3.05, 3.63) is 27.4 Å². The van der Waals surface area contributed by atoms with Crippen LogP contribution in [0, 0.1) is 5.41 Å². The van der Waals surface area contributed by atoms with Crippen LogP contribution >= 0.6 is 28.6 Å². The summed E-state index contributed by atoms with van der Waals surface area (Å²) in [4.78, 5) is 16.0. The standard InChI is InChI=1S/C12H17BrN2OS/c13-10-6-14-9-15(11(10)16)7-12(8-17)4-2-1-3-5-12/h6,9,17H,1-5,7-8H2. The molecule has 1 aliphatic rings. The summed E-state index contributed by atoms with van der Waals surface area (Å²) in [6.07, 6.45) is 9.31. The number of thiol groups is 1. The summed E-state index contributed by atoms with van der Waals surface area (Å²) in [6, 6.07) is 0. The van der Waals surface area contributed by atoms with Gasteiger partial charge in [-0.2, -0.15) is 12.6 Å². The van der Waals surface area contributed by atoms with Gasteiger partial charge >= 0.3 is 0 Å². The highest BCUT2D eigenvalue weighted by atomic mass is 79.9. The fourth-order valence-corrected chi connectivity index (χ4v) is 3.33. The van der Waals surface area contributed by atoms with Crippen LogP contribution in [-0.4, -0.2) is 15.3 Å². The number of rotatable bonds is 3. The third-order valence-corrected chi connectivity index (χ3v) is 4.83. The molecule has 94 valence electrons. The van der Waals surface area contributed by atoms with E-state index in [-0.39, 0.29) is 11.0 Å². The van der Waals surface area contributed by atoms with Gasteiger partial charge in [0, 0.05) is 12.7 Å². The molecule has 3 nitrogen and oxygen atoms in total. The average molecular weight is 317 g/mol. The van der Waals surface area contributed by atoms with Crippen LogP contribution in [0.3, 0.4) is 0 Å². The summed E-state index contributed by atoms with van der Waals surface area (Å²) in [7, 11) is 0. The Morgan fingerprint density at radius 2 is 2.12 bits per heavy atom. The first-order chi connectivity index (χ1) is 8.17. The normalized spacial score (nSPS) is 19.2. The van der Waals surface area contributed by atoms with Gasteiger partial charge in [-0.1, -0.05) is 19.3 Å². The lowest BCUT2D eigenvalue weighted by Crippen LogP contribution is -2.35. The lowest BCUT2D eigenvalue weighted by molar-refractivity contribution is 0.187. The predicted octanol–water partition coefficient (Wildman–Crippen LogP) is 2.89. The van der Waals surface area contributed by atoms with Crippen molar-refractivity contribution in [2.45, 2.75) is 38.6 Å². The molecule has 0 aliphatic heterocycles. The van der Waals surface area contributed by atoms with Gasteiger partial charge in [0.2, 0.25) is 0 Å². The molecule has 0 radical (unpaired) electrons. The minimum Gasteiger partial charge on any atom is -0.298 e. The Hall–Kier alpha value is -0.290. The molecule has 1 saturated carbocycles. The maximum atomic E-state index is 12.0. The summed E-state index contributed by atoms with van der Waals surface area (Å²) < 4.78 is 2.25. The summed E-state index contributed by atoms with van der Waals surface area (Å²) in [5.74, 6) is 0.839. The molecule has 0 saturated heterocycles. The Bertz CT molecular complexity index is 440. The highest BCUT2D eigenvalue weighted by molar-refractivity contribution is 9.10. The molecule has 1 aromatic heterocycles. The number of aromatic nitrogens is 2. The van der Waals surface area contributed by atoms with E-state index in [0.29, 0.717) is 4.47 Å². The van der Waals surface area contributed by atoms with Crippen LogP contribution in [0.5, 0.6) is 0 Å². The number of hydrogen-bond acceptors (Lipinski definition) is 3. The molecular formula is C12H17BrN2OS. The highest BCUT2D eigenvalue weighted by Gasteiger charge is 2.31. The quantitative estimate of drug-likeness (QED) is 0.870. The third kappa shape index (κ3) is 2.94. The van der Waals surface area contributed by atoms with Crippen LogP contribution < -0.4 is 5.56 Å². The van der Waals surface area contributed by atoms with Gasteiger partial charge in [-0.05, 0) is 39.9 Å². The third-order valence-electron chi connectivity index (χ3n) is 3.61. The van der Waals surface area contributed by atoms with E-state index in [0.717, 1.165) is 25.1 Å². The lowest BCUT2D eigenvalue weighted by Gasteiger charge is -2.36. The van der Waals surface area contributed by atoms with Crippen LogP contribution in [-0.2, 0) is 6.54 Å². The van der Waals surface area contributed by atoms with Gasteiger partial charge in [0.15, 0.2) is 0 Å². The van der Waals surface area contributed by atoms with Gasteiger partial charge in [-0.25, -0.2) is 4.98 Å². The molecular weight excluding hydrogens is 300 g/mol. The van der Waals surface area contributed by atoms with Gasteiger partial charge in [0.1, 0.15) is 4.47 Å². The smallest absolute Gasteiger partial charge is 0.267 e. The highest BCUT2D eigenvalue weighted by Crippen LogP contribution is 2.38. The Labute approximate surface area is 115 Å². The van der Waals surface area contributed by atoms with Crippen molar-refractivity contribution in [1.29, 1.82) is 0 Å². The van der Waals surface area contributed by atoms with Crippen molar-refractivity contribution in [3.8, 4) is 0 Å². The van der Waals surface area contributed by atoms with Crippen molar-refractivity contribution in [3.63, 3.8) is 0 Å². The predicted molar refractivity (Wildman–Crippen MR) is 75.6 cm³/mol. The van der Waals surface area contributed by atoms with E-state index < -0.39 is 0 Å². The Balaban J connectivity index is 2.23. The van der Waals surface area contributed by atoms with E-state index in [2.05, 4.69) is 33.5 Å². The van der Waals surface area contributed by atoms with Crippen molar-refractivity contribution in [1.82, 2.24) is 9.55 Å². The Kier molecular flexibility index (Phi) is 4.31. The fourth-order valence-electron chi connectivity index (χ4n) is 2.57. The topological polar surface area (TPSA) is 34.9 Å². The first kappa shape index (κ1) is 13.1. The molecule has 0 atom stereocenters. The molecule has 1 fully saturated rings. The molecule has 1 heterocycles. The second-order valence-corrected chi connectivity index (χ2v) is 6.06. The molecule has 0 aromatic carbocycles. The largest absolute Gasteiger partial charge is 0.298 e. The molecule has 5 heteroatoms. The van der Waals surface area contributed by atoms with Crippen molar-refractivity contribution >= 4 is 28.6 Å². The van der Waals surface area contributed by atoms with Gasteiger partial charge in [0.05, 0.1) is 6.33 Å². The van der Waals surface area contributed by atoms with E-state index in [1.54, 1.807) is 17.1 Å². The summed E-state index contributed by atoms with van der Waals surface area (Å²) >= 11 is 7.73. The molecule has 17 heavy (non-hydrogen) atoms. The van der Waals surface area contributed by atoms with E-state index in [1.165, 1.54) is 19.3 Å². The SMILES string of the molecule is O=c1c(Br)cncn1CC1(CS)CCCCC1. The Morgan fingerprint density at radius 3 is 2.76 bits per heavy atom. The van der Waals surface area contributed by atoms with Gasteiger partial charge in [0.25, 0.3) is 5.56 Å². The molecule has 0 N–H and O–H groups in total. The zero-order chi connectivity index (χ0) is 12.3. The van der Waals surface area contributed by atoms with E-state index >= 15 is 0 Å². The maximum Gasteiger partial charge on any atom is 0.267 e.